The quantitative estimate of drug-likeness (QED) is 0.474. The maximum atomic E-state index is 11.1. The van der Waals surface area contributed by atoms with Crippen molar-refractivity contribution in [2.24, 2.45) is 5.92 Å². The van der Waals surface area contributed by atoms with E-state index in [1.165, 1.54) is 18.2 Å². The SMILES string of the molecule is CCC(=O)OCC(CO)Cc1cc(Cl)ccc1[N+](=O)[O-]. The highest BCUT2D eigenvalue weighted by atomic mass is 35.5. The fourth-order valence-electron chi connectivity index (χ4n) is 1.70. The molecule has 0 saturated heterocycles. The number of aliphatic hydroxyl groups is 1. The predicted octanol–water partition coefficient (Wildman–Crippen LogP) is 2.35. The molecule has 0 aliphatic rings. The third kappa shape index (κ3) is 4.79. The van der Waals surface area contributed by atoms with Crippen molar-refractivity contribution in [1.82, 2.24) is 0 Å². The summed E-state index contributed by atoms with van der Waals surface area (Å²) in [7, 11) is 0. The maximum Gasteiger partial charge on any atom is 0.305 e. The van der Waals surface area contributed by atoms with Gasteiger partial charge in [0, 0.05) is 35.6 Å². The minimum atomic E-state index is -0.502. The van der Waals surface area contributed by atoms with E-state index in [-0.39, 0.29) is 37.7 Å². The van der Waals surface area contributed by atoms with Crippen LogP contribution in [0.1, 0.15) is 18.9 Å². The first-order valence-electron chi connectivity index (χ1n) is 6.17. The normalized spacial score (nSPS) is 11.9. The molecule has 0 bridgehead atoms. The molecule has 0 aliphatic heterocycles. The molecule has 110 valence electrons. The molecule has 0 radical (unpaired) electrons. The van der Waals surface area contributed by atoms with Crippen LogP contribution in [0.5, 0.6) is 0 Å². The summed E-state index contributed by atoms with van der Waals surface area (Å²) >= 11 is 5.83. The van der Waals surface area contributed by atoms with Gasteiger partial charge in [-0.3, -0.25) is 14.9 Å². The average molecular weight is 302 g/mol. The summed E-state index contributed by atoms with van der Waals surface area (Å²) in [6.07, 6.45) is 0.458. The van der Waals surface area contributed by atoms with E-state index in [0.717, 1.165) is 0 Å². The van der Waals surface area contributed by atoms with Crippen molar-refractivity contribution in [3.8, 4) is 0 Å². The molecule has 6 nitrogen and oxygen atoms in total. The number of halogens is 1. The Morgan fingerprint density at radius 2 is 2.25 bits per heavy atom. The molecule has 0 heterocycles. The number of hydrogen-bond acceptors (Lipinski definition) is 5. The molecule has 7 heteroatoms. The third-order valence-electron chi connectivity index (χ3n) is 2.77. The Balaban J connectivity index is 2.81. The Labute approximate surface area is 121 Å². The fraction of sp³-hybridized carbons (Fsp3) is 0.462. The van der Waals surface area contributed by atoms with Crippen LogP contribution in [0.4, 0.5) is 5.69 Å². The van der Waals surface area contributed by atoms with E-state index in [4.69, 9.17) is 16.3 Å². The molecule has 1 unspecified atom stereocenters. The van der Waals surface area contributed by atoms with Crippen molar-refractivity contribution in [2.45, 2.75) is 19.8 Å². The van der Waals surface area contributed by atoms with Gasteiger partial charge in [-0.05, 0) is 18.6 Å². The van der Waals surface area contributed by atoms with Crippen LogP contribution in [-0.2, 0) is 16.0 Å². The number of benzene rings is 1. The van der Waals surface area contributed by atoms with E-state index < -0.39 is 10.8 Å². The van der Waals surface area contributed by atoms with Crippen molar-refractivity contribution < 1.29 is 19.6 Å². The maximum absolute atomic E-state index is 11.1. The van der Waals surface area contributed by atoms with Gasteiger partial charge < -0.3 is 9.84 Å². The second-order valence-electron chi connectivity index (χ2n) is 4.32. The molecule has 1 rings (SSSR count). The van der Waals surface area contributed by atoms with Gasteiger partial charge in [0.15, 0.2) is 0 Å². The molecule has 0 fully saturated rings. The first-order chi connectivity index (χ1) is 9.47. The molecule has 20 heavy (non-hydrogen) atoms. The van der Waals surface area contributed by atoms with E-state index in [1.54, 1.807) is 6.92 Å². The smallest absolute Gasteiger partial charge is 0.305 e. The van der Waals surface area contributed by atoms with Crippen LogP contribution < -0.4 is 0 Å². The van der Waals surface area contributed by atoms with Gasteiger partial charge in [0.2, 0.25) is 0 Å². The van der Waals surface area contributed by atoms with E-state index in [1.807, 2.05) is 0 Å². The monoisotopic (exact) mass is 301 g/mol. The zero-order valence-corrected chi connectivity index (χ0v) is 11.8. The highest BCUT2D eigenvalue weighted by Gasteiger charge is 2.19. The first-order valence-corrected chi connectivity index (χ1v) is 6.55. The number of nitro groups is 1. The zero-order valence-electron chi connectivity index (χ0n) is 11.0. The van der Waals surface area contributed by atoms with E-state index in [9.17, 15) is 20.0 Å². The Morgan fingerprint density at radius 3 is 2.80 bits per heavy atom. The molecule has 0 aromatic heterocycles. The van der Waals surface area contributed by atoms with Gasteiger partial charge in [-0.1, -0.05) is 18.5 Å². The van der Waals surface area contributed by atoms with Gasteiger partial charge in [-0.2, -0.15) is 0 Å². The van der Waals surface area contributed by atoms with Gasteiger partial charge in [-0.15, -0.1) is 0 Å². The van der Waals surface area contributed by atoms with Crippen LogP contribution >= 0.6 is 11.6 Å². The second kappa shape index (κ2) is 7.81. The van der Waals surface area contributed by atoms with Gasteiger partial charge in [0.25, 0.3) is 5.69 Å². The van der Waals surface area contributed by atoms with Crippen molar-refractivity contribution in [3.05, 3.63) is 38.9 Å². The number of aliphatic hydroxyl groups excluding tert-OH is 1. The largest absolute Gasteiger partial charge is 0.465 e. The standard InChI is InChI=1S/C13H16ClNO5/c1-2-13(17)20-8-9(7-16)5-10-6-11(14)3-4-12(10)15(18)19/h3-4,6,9,16H,2,5,7-8H2,1H3. The predicted molar refractivity (Wildman–Crippen MR) is 73.6 cm³/mol. The number of nitro benzene ring substituents is 1. The topological polar surface area (TPSA) is 89.7 Å². The van der Waals surface area contributed by atoms with E-state index in [0.29, 0.717) is 10.6 Å². The van der Waals surface area contributed by atoms with Crippen LogP contribution in [0.3, 0.4) is 0 Å². The van der Waals surface area contributed by atoms with Crippen LogP contribution in [-0.4, -0.2) is 29.2 Å². The summed E-state index contributed by atoms with van der Waals surface area (Å²) in [6.45, 7) is 1.45. The lowest BCUT2D eigenvalue weighted by Crippen LogP contribution is -2.19. The van der Waals surface area contributed by atoms with Crippen LogP contribution in [0.25, 0.3) is 0 Å². The molecular weight excluding hydrogens is 286 g/mol. The van der Waals surface area contributed by atoms with Crippen molar-refractivity contribution in [1.29, 1.82) is 0 Å². The Bertz CT molecular complexity index is 492. The van der Waals surface area contributed by atoms with Crippen molar-refractivity contribution in [2.75, 3.05) is 13.2 Å². The number of nitrogens with zero attached hydrogens (tertiary/aromatic N) is 1. The zero-order chi connectivity index (χ0) is 15.1. The van der Waals surface area contributed by atoms with E-state index >= 15 is 0 Å². The molecular formula is C13H16ClNO5. The molecule has 0 spiro atoms. The van der Waals surface area contributed by atoms with Crippen LogP contribution in [0.15, 0.2) is 18.2 Å². The molecule has 1 atom stereocenters. The molecule has 0 aliphatic carbocycles. The molecule has 1 aromatic carbocycles. The van der Waals surface area contributed by atoms with Crippen LogP contribution in [0, 0.1) is 16.0 Å². The van der Waals surface area contributed by atoms with Gasteiger partial charge in [-0.25, -0.2) is 0 Å². The minimum Gasteiger partial charge on any atom is -0.465 e. The Kier molecular flexibility index (Phi) is 6.41. The summed E-state index contributed by atoms with van der Waals surface area (Å²) in [5, 5.41) is 20.6. The number of esters is 1. The molecule has 0 amide bonds. The lowest BCUT2D eigenvalue weighted by Gasteiger charge is -2.14. The van der Waals surface area contributed by atoms with Crippen molar-refractivity contribution >= 4 is 23.3 Å². The minimum absolute atomic E-state index is 0.0207. The highest BCUT2D eigenvalue weighted by molar-refractivity contribution is 6.30. The lowest BCUT2D eigenvalue weighted by molar-refractivity contribution is -0.385. The fourth-order valence-corrected chi connectivity index (χ4v) is 1.89. The third-order valence-corrected chi connectivity index (χ3v) is 3.01. The van der Waals surface area contributed by atoms with E-state index in [2.05, 4.69) is 0 Å². The summed E-state index contributed by atoms with van der Waals surface area (Å²) in [5.41, 5.74) is 0.351. The summed E-state index contributed by atoms with van der Waals surface area (Å²) in [5.74, 6) is -0.772. The van der Waals surface area contributed by atoms with Gasteiger partial charge >= 0.3 is 5.97 Å². The summed E-state index contributed by atoms with van der Waals surface area (Å²) < 4.78 is 4.95. The molecule has 0 saturated carbocycles. The first kappa shape index (κ1) is 16.4. The van der Waals surface area contributed by atoms with Crippen LogP contribution in [0.2, 0.25) is 5.02 Å². The summed E-state index contributed by atoms with van der Waals surface area (Å²) in [6, 6.07) is 4.25. The lowest BCUT2D eigenvalue weighted by atomic mass is 9.99. The number of rotatable bonds is 7. The highest BCUT2D eigenvalue weighted by Crippen LogP contribution is 2.25. The Morgan fingerprint density at radius 1 is 1.55 bits per heavy atom. The van der Waals surface area contributed by atoms with Gasteiger partial charge in [0.1, 0.15) is 0 Å². The Hall–Kier alpha value is -1.66. The van der Waals surface area contributed by atoms with Crippen molar-refractivity contribution in [3.63, 3.8) is 0 Å². The molecule has 1 N–H and O–H groups in total. The average Bonchev–Trinajstić information content (AvgIpc) is 2.42. The molecule has 1 aromatic rings. The second-order valence-corrected chi connectivity index (χ2v) is 4.76. The number of hydrogen-bond donors (Lipinski definition) is 1. The van der Waals surface area contributed by atoms with Gasteiger partial charge in [0.05, 0.1) is 11.5 Å². The summed E-state index contributed by atoms with van der Waals surface area (Å²) in [4.78, 5) is 21.5. The number of carbonyl (C=O) groups excluding carboxylic acids is 1. The number of ether oxygens (including phenoxy) is 1. The number of carbonyl (C=O) groups is 1.